The number of para-hydroxylation sites is 1. The summed E-state index contributed by atoms with van der Waals surface area (Å²) in [5, 5.41) is 0.198. The summed E-state index contributed by atoms with van der Waals surface area (Å²) in [5.74, 6) is -0.394. The molecule has 5 nitrogen and oxygen atoms in total. The summed E-state index contributed by atoms with van der Waals surface area (Å²) in [4.78, 5) is 11.0. The molecule has 0 N–H and O–H groups in total. The van der Waals surface area contributed by atoms with E-state index in [9.17, 15) is 17.1 Å². The van der Waals surface area contributed by atoms with Crippen LogP contribution in [0.25, 0.3) is 11.0 Å². The van der Waals surface area contributed by atoms with Gasteiger partial charge in [0, 0.05) is 0 Å². The Hall–Kier alpha value is -1.89. The van der Waals surface area contributed by atoms with Crippen molar-refractivity contribution in [1.29, 1.82) is 0 Å². The van der Waals surface area contributed by atoms with E-state index in [2.05, 4.69) is 4.18 Å². The summed E-state index contributed by atoms with van der Waals surface area (Å²) < 4.78 is 41.8. The van der Waals surface area contributed by atoms with Crippen molar-refractivity contribution in [2.75, 3.05) is 0 Å². The maximum absolute atomic E-state index is 12.4. The molecule has 0 saturated heterocycles. The summed E-state index contributed by atoms with van der Waals surface area (Å²) in [6.07, 6.45) is 0. The minimum atomic E-state index is -5.17. The van der Waals surface area contributed by atoms with Crippen molar-refractivity contribution in [2.45, 2.75) is 0 Å². The number of halogens is 1. The van der Waals surface area contributed by atoms with E-state index >= 15 is 0 Å². The zero-order chi connectivity index (χ0) is 11.8. The second-order valence-electron chi connectivity index (χ2n) is 2.90. The molecular weight excluding hydrogens is 239 g/mol. The summed E-state index contributed by atoms with van der Waals surface area (Å²) in [7, 11) is -5.17. The monoisotopic (exact) mass is 244 g/mol. The van der Waals surface area contributed by atoms with Crippen LogP contribution < -0.4 is 9.81 Å². The third kappa shape index (κ3) is 2.19. The molecule has 7 heteroatoms. The van der Waals surface area contributed by atoms with Crippen LogP contribution in [0.15, 0.2) is 39.5 Å². The van der Waals surface area contributed by atoms with Crippen LogP contribution in [0.1, 0.15) is 0 Å². The van der Waals surface area contributed by atoms with E-state index < -0.39 is 21.9 Å². The Balaban J connectivity index is 2.73. The van der Waals surface area contributed by atoms with Gasteiger partial charge in [0.15, 0.2) is 5.75 Å². The zero-order valence-corrected chi connectivity index (χ0v) is 8.53. The SMILES string of the molecule is O=c1cc(OS(=O)(=O)F)c2ccccc2o1. The lowest BCUT2D eigenvalue weighted by Gasteiger charge is -2.02. The van der Waals surface area contributed by atoms with Crippen molar-refractivity contribution < 1.29 is 20.9 Å². The first-order chi connectivity index (χ1) is 7.46. The molecule has 84 valence electrons. The lowest BCUT2D eigenvalue weighted by molar-refractivity contribution is 0.439. The molecule has 0 aliphatic rings. The Bertz CT molecular complexity index is 688. The van der Waals surface area contributed by atoms with Crippen LogP contribution in [0.3, 0.4) is 0 Å². The largest absolute Gasteiger partial charge is 0.488 e. The highest BCUT2D eigenvalue weighted by Crippen LogP contribution is 2.24. The van der Waals surface area contributed by atoms with Crippen molar-refractivity contribution in [3.05, 3.63) is 40.8 Å². The van der Waals surface area contributed by atoms with Crippen molar-refractivity contribution >= 4 is 21.5 Å². The summed E-state index contributed by atoms with van der Waals surface area (Å²) in [5.41, 5.74) is -0.703. The van der Waals surface area contributed by atoms with E-state index in [0.29, 0.717) is 0 Å². The van der Waals surface area contributed by atoms with E-state index in [0.717, 1.165) is 6.07 Å². The number of hydrogen-bond donors (Lipinski definition) is 0. The van der Waals surface area contributed by atoms with Gasteiger partial charge in [-0.05, 0) is 12.1 Å². The van der Waals surface area contributed by atoms with Gasteiger partial charge in [-0.15, -0.1) is 0 Å². The van der Waals surface area contributed by atoms with Crippen LogP contribution in [0.5, 0.6) is 5.75 Å². The second-order valence-corrected chi connectivity index (χ2v) is 3.86. The Morgan fingerprint density at radius 3 is 2.62 bits per heavy atom. The zero-order valence-electron chi connectivity index (χ0n) is 7.71. The molecule has 0 unspecified atom stereocenters. The van der Waals surface area contributed by atoms with E-state index in [1.807, 2.05) is 0 Å². The van der Waals surface area contributed by atoms with Crippen molar-refractivity contribution in [3.8, 4) is 5.75 Å². The molecule has 0 aliphatic heterocycles. The fourth-order valence-corrected chi connectivity index (χ4v) is 1.61. The third-order valence-corrected chi connectivity index (χ3v) is 2.18. The molecule has 1 heterocycles. The lowest BCUT2D eigenvalue weighted by Crippen LogP contribution is -2.05. The molecule has 0 fully saturated rings. The minimum Gasteiger partial charge on any atom is -0.422 e. The van der Waals surface area contributed by atoms with Crippen molar-refractivity contribution in [3.63, 3.8) is 0 Å². The Morgan fingerprint density at radius 2 is 1.94 bits per heavy atom. The summed E-state index contributed by atoms with van der Waals surface area (Å²) >= 11 is 0. The minimum absolute atomic E-state index is 0.119. The third-order valence-electron chi connectivity index (χ3n) is 1.80. The van der Waals surface area contributed by atoms with Crippen LogP contribution in [0.2, 0.25) is 0 Å². The van der Waals surface area contributed by atoms with Gasteiger partial charge in [-0.25, -0.2) is 4.79 Å². The highest BCUT2D eigenvalue weighted by Gasteiger charge is 2.14. The van der Waals surface area contributed by atoms with Gasteiger partial charge in [-0.3, -0.25) is 0 Å². The molecule has 0 bridgehead atoms. The molecule has 1 aromatic carbocycles. The molecule has 0 aliphatic carbocycles. The first kappa shape index (κ1) is 10.6. The number of hydrogen-bond acceptors (Lipinski definition) is 5. The van der Waals surface area contributed by atoms with Crippen LogP contribution in [0.4, 0.5) is 3.89 Å². The summed E-state index contributed by atoms with van der Waals surface area (Å²) in [6, 6.07) is 6.80. The molecule has 0 saturated carbocycles. The molecule has 16 heavy (non-hydrogen) atoms. The first-order valence-corrected chi connectivity index (χ1v) is 5.43. The predicted octanol–water partition coefficient (Wildman–Crippen LogP) is 1.39. The van der Waals surface area contributed by atoms with E-state index in [1.54, 1.807) is 12.1 Å². The molecule has 0 spiro atoms. The molecule has 2 aromatic rings. The van der Waals surface area contributed by atoms with Crippen LogP contribution in [-0.4, -0.2) is 8.42 Å². The average Bonchev–Trinajstić information content (AvgIpc) is 2.14. The van der Waals surface area contributed by atoms with Crippen LogP contribution in [0, 0.1) is 0 Å². The van der Waals surface area contributed by atoms with Gasteiger partial charge in [0.1, 0.15) is 5.58 Å². The number of fused-ring (bicyclic) bond motifs is 1. The summed E-state index contributed by atoms with van der Waals surface area (Å²) in [6.45, 7) is 0. The van der Waals surface area contributed by atoms with Crippen LogP contribution in [-0.2, 0) is 10.5 Å². The standard InChI is InChI=1S/C9H5FO5S/c10-16(12,13)15-8-5-9(11)14-7-4-2-1-3-6(7)8/h1-5H. The van der Waals surface area contributed by atoms with Gasteiger partial charge in [0.05, 0.1) is 11.5 Å². The normalized spacial score (nSPS) is 11.6. The topological polar surface area (TPSA) is 73.6 Å². The van der Waals surface area contributed by atoms with Crippen LogP contribution >= 0.6 is 0 Å². The number of benzene rings is 1. The van der Waals surface area contributed by atoms with E-state index in [1.165, 1.54) is 12.1 Å². The van der Waals surface area contributed by atoms with Gasteiger partial charge >= 0.3 is 16.1 Å². The molecule has 0 amide bonds. The average molecular weight is 244 g/mol. The van der Waals surface area contributed by atoms with Gasteiger partial charge in [0.2, 0.25) is 0 Å². The Labute approximate surface area is 89.5 Å². The molecule has 0 radical (unpaired) electrons. The quantitative estimate of drug-likeness (QED) is 0.589. The molecule has 0 atom stereocenters. The van der Waals surface area contributed by atoms with Gasteiger partial charge in [-0.2, -0.15) is 8.42 Å². The van der Waals surface area contributed by atoms with Crippen molar-refractivity contribution in [1.82, 2.24) is 0 Å². The fourth-order valence-electron chi connectivity index (χ4n) is 1.26. The lowest BCUT2D eigenvalue weighted by atomic mass is 10.2. The number of rotatable bonds is 2. The Morgan fingerprint density at radius 1 is 1.25 bits per heavy atom. The predicted molar refractivity (Wildman–Crippen MR) is 53.1 cm³/mol. The smallest absolute Gasteiger partial charge is 0.422 e. The maximum Gasteiger partial charge on any atom is 0.488 e. The molecular formula is C9H5FO5S. The van der Waals surface area contributed by atoms with Gasteiger partial charge in [0.25, 0.3) is 0 Å². The fraction of sp³-hybridized carbons (Fsp3) is 0. The molecule has 2 rings (SSSR count). The Kier molecular flexibility index (Phi) is 2.39. The van der Waals surface area contributed by atoms with Gasteiger partial charge < -0.3 is 8.60 Å². The van der Waals surface area contributed by atoms with E-state index in [-0.39, 0.29) is 11.0 Å². The van der Waals surface area contributed by atoms with Crippen molar-refractivity contribution in [2.24, 2.45) is 0 Å². The highest BCUT2D eigenvalue weighted by atomic mass is 32.3. The maximum atomic E-state index is 12.4. The van der Waals surface area contributed by atoms with E-state index in [4.69, 9.17) is 4.42 Å². The molecule has 1 aromatic heterocycles. The first-order valence-electron chi connectivity index (χ1n) is 4.13. The highest BCUT2D eigenvalue weighted by molar-refractivity contribution is 7.81. The second kappa shape index (κ2) is 3.60. The van der Waals surface area contributed by atoms with Gasteiger partial charge in [-0.1, -0.05) is 16.0 Å².